The minimum atomic E-state index is -3.89. The molecule has 0 spiro atoms. The van der Waals surface area contributed by atoms with Gasteiger partial charge in [0, 0.05) is 5.69 Å². The van der Waals surface area contributed by atoms with Gasteiger partial charge in [0.15, 0.2) is 6.10 Å². The molecule has 0 saturated heterocycles. The second-order valence-electron chi connectivity index (χ2n) is 8.38. The first-order valence-corrected chi connectivity index (χ1v) is 12.4. The molecule has 33 heavy (non-hydrogen) atoms. The summed E-state index contributed by atoms with van der Waals surface area (Å²) >= 11 is 0. The number of hydrogen-bond acceptors (Lipinski definition) is 4. The third-order valence-corrected chi connectivity index (χ3v) is 7.67. The highest BCUT2D eigenvalue weighted by Gasteiger charge is 2.37. The van der Waals surface area contributed by atoms with E-state index in [0.29, 0.717) is 11.4 Å². The Balaban J connectivity index is 1.71. The lowest BCUT2D eigenvalue weighted by atomic mass is 10.1. The highest BCUT2D eigenvalue weighted by Crippen LogP contribution is 2.38. The van der Waals surface area contributed by atoms with Gasteiger partial charge in [0.05, 0.1) is 17.1 Å². The number of carbonyl (C=O) groups is 1. The molecule has 1 amide bonds. The van der Waals surface area contributed by atoms with Gasteiger partial charge in [-0.2, -0.15) is 0 Å². The summed E-state index contributed by atoms with van der Waals surface area (Å²) in [5.74, 6) is -0.00662. The number of ether oxygens (including phenoxy) is 1. The molecule has 1 atom stereocenters. The number of para-hydroxylation sites is 1. The van der Waals surface area contributed by atoms with E-state index in [1.807, 2.05) is 52.0 Å². The van der Waals surface area contributed by atoms with Crippen molar-refractivity contribution < 1.29 is 17.9 Å². The number of carbonyl (C=O) groups excluding carboxylic acids is 1. The van der Waals surface area contributed by atoms with E-state index in [0.717, 1.165) is 34.4 Å². The molecule has 6 nitrogen and oxygen atoms in total. The fraction of sp³-hybridized carbons (Fsp3) is 0.269. The fourth-order valence-corrected chi connectivity index (χ4v) is 5.44. The Kier molecular flexibility index (Phi) is 6.17. The van der Waals surface area contributed by atoms with Gasteiger partial charge in [-0.15, -0.1) is 0 Å². The van der Waals surface area contributed by atoms with E-state index in [1.54, 1.807) is 36.4 Å². The lowest BCUT2D eigenvalue weighted by molar-refractivity contribution is -0.122. The average molecular weight is 465 g/mol. The number of amides is 1. The third-order valence-electron chi connectivity index (χ3n) is 5.87. The summed E-state index contributed by atoms with van der Waals surface area (Å²) in [6, 6.07) is 17.9. The summed E-state index contributed by atoms with van der Waals surface area (Å²) in [5, 5.41) is 2.98. The van der Waals surface area contributed by atoms with Crippen molar-refractivity contribution >= 4 is 27.3 Å². The molecule has 1 aliphatic heterocycles. The largest absolute Gasteiger partial charge is 0.476 e. The Morgan fingerprint density at radius 2 is 1.73 bits per heavy atom. The molecule has 0 radical (unpaired) electrons. The van der Waals surface area contributed by atoms with Crippen LogP contribution in [0.4, 0.5) is 11.4 Å². The first kappa shape index (κ1) is 22.9. The Hall–Kier alpha value is -3.32. The summed E-state index contributed by atoms with van der Waals surface area (Å²) in [4.78, 5) is 13.5. The van der Waals surface area contributed by atoms with E-state index < -0.39 is 16.1 Å². The number of sulfonamides is 1. The number of aryl methyl sites for hydroxylation is 4. The number of benzene rings is 3. The first-order valence-electron chi connectivity index (χ1n) is 11.0. The monoisotopic (exact) mass is 464 g/mol. The summed E-state index contributed by atoms with van der Waals surface area (Å²) in [5.41, 5.74) is 5.01. The van der Waals surface area contributed by atoms with Crippen molar-refractivity contribution in [1.29, 1.82) is 0 Å². The van der Waals surface area contributed by atoms with Gasteiger partial charge in [0.1, 0.15) is 5.75 Å². The minimum Gasteiger partial charge on any atom is -0.476 e. The van der Waals surface area contributed by atoms with E-state index in [9.17, 15) is 13.2 Å². The lowest BCUT2D eigenvalue weighted by Gasteiger charge is -2.35. The summed E-state index contributed by atoms with van der Waals surface area (Å²) in [7, 11) is -3.89. The third kappa shape index (κ3) is 4.46. The van der Waals surface area contributed by atoms with E-state index in [-0.39, 0.29) is 17.3 Å². The van der Waals surface area contributed by atoms with Crippen molar-refractivity contribution in [3.63, 3.8) is 0 Å². The standard InChI is InChI=1S/C26H28N2O4S/c1-5-20-8-6-7-19(4)25(20)27-26(29)24-16-28(22-14-11-18(3)15-23(22)32-24)33(30,31)21-12-9-17(2)10-13-21/h6-15,24H,5,16H2,1-4H3,(H,27,29)/t24-/m1/s1. The summed E-state index contributed by atoms with van der Waals surface area (Å²) < 4.78 is 34.4. The molecule has 1 heterocycles. The van der Waals surface area contributed by atoms with Crippen molar-refractivity contribution in [1.82, 2.24) is 0 Å². The average Bonchev–Trinajstić information content (AvgIpc) is 2.79. The fourth-order valence-electron chi connectivity index (χ4n) is 3.97. The lowest BCUT2D eigenvalue weighted by Crippen LogP contribution is -2.49. The molecular formula is C26H28N2O4S. The Bertz CT molecular complexity index is 1300. The van der Waals surface area contributed by atoms with Gasteiger partial charge in [0.25, 0.3) is 15.9 Å². The summed E-state index contributed by atoms with van der Waals surface area (Å²) in [6.07, 6.45) is -0.234. The van der Waals surface area contributed by atoms with E-state index in [4.69, 9.17) is 4.74 Å². The van der Waals surface area contributed by atoms with Crippen molar-refractivity contribution in [3.05, 3.63) is 82.9 Å². The second-order valence-corrected chi connectivity index (χ2v) is 10.2. The van der Waals surface area contributed by atoms with Crippen LogP contribution in [0.2, 0.25) is 0 Å². The smallest absolute Gasteiger partial charge is 0.267 e. The molecule has 0 unspecified atom stereocenters. The number of anilines is 2. The Morgan fingerprint density at radius 1 is 1.03 bits per heavy atom. The predicted octanol–water partition coefficient (Wildman–Crippen LogP) is 4.77. The van der Waals surface area contributed by atoms with Gasteiger partial charge in [-0.25, -0.2) is 8.42 Å². The van der Waals surface area contributed by atoms with Crippen LogP contribution < -0.4 is 14.4 Å². The van der Waals surface area contributed by atoms with E-state index >= 15 is 0 Å². The quantitative estimate of drug-likeness (QED) is 0.590. The number of rotatable bonds is 5. The summed E-state index contributed by atoms with van der Waals surface area (Å²) in [6.45, 7) is 7.64. The van der Waals surface area contributed by atoms with Crippen LogP contribution in [-0.4, -0.2) is 27.0 Å². The first-order chi connectivity index (χ1) is 15.7. The highest BCUT2D eigenvalue weighted by molar-refractivity contribution is 7.92. The predicted molar refractivity (Wildman–Crippen MR) is 130 cm³/mol. The van der Waals surface area contributed by atoms with Gasteiger partial charge in [-0.1, -0.05) is 48.9 Å². The van der Waals surface area contributed by atoms with Gasteiger partial charge >= 0.3 is 0 Å². The SMILES string of the molecule is CCc1cccc(C)c1NC(=O)[C@H]1CN(S(=O)(=O)c2ccc(C)cc2)c2ccc(C)cc2O1. The van der Waals surface area contributed by atoms with Crippen LogP contribution in [-0.2, 0) is 21.2 Å². The van der Waals surface area contributed by atoms with Gasteiger partial charge in [0.2, 0.25) is 0 Å². The molecule has 3 aromatic carbocycles. The number of fused-ring (bicyclic) bond motifs is 1. The molecule has 3 aromatic rings. The molecule has 0 aliphatic carbocycles. The molecule has 0 fully saturated rings. The van der Waals surface area contributed by atoms with Gasteiger partial charge < -0.3 is 10.1 Å². The van der Waals surface area contributed by atoms with Crippen LogP contribution in [0.1, 0.15) is 29.2 Å². The molecule has 4 rings (SSSR count). The van der Waals surface area contributed by atoms with Crippen LogP contribution in [0.3, 0.4) is 0 Å². The van der Waals surface area contributed by atoms with Crippen molar-refractivity contribution in [2.45, 2.75) is 45.1 Å². The van der Waals surface area contributed by atoms with Gasteiger partial charge in [-0.05, 0) is 68.1 Å². The zero-order chi connectivity index (χ0) is 23.8. The number of hydrogen-bond donors (Lipinski definition) is 1. The topological polar surface area (TPSA) is 75.7 Å². The molecule has 0 bridgehead atoms. The highest BCUT2D eigenvalue weighted by atomic mass is 32.2. The molecule has 1 N–H and O–H groups in total. The van der Waals surface area contributed by atoms with E-state index in [1.165, 1.54) is 4.31 Å². The number of nitrogens with one attached hydrogen (secondary N) is 1. The minimum absolute atomic E-state index is 0.120. The van der Waals surface area contributed by atoms with Gasteiger partial charge in [-0.3, -0.25) is 9.10 Å². The second kappa shape index (κ2) is 8.90. The molecule has 172 valence electrons. The van der Waals surface area contributed by atoms with Crippen LogP contribution in [0, 0.1) is 20.8 Å². The molecule has 1 aliphatic rings. The van der Waals surface area contributed by atoms with Crippen LogP contribution >= 0.6 is 0 Å². The van der Waals surface area contributed by atoms with Crippen LogP contribution in [0.5, 0.6) is 5.75 Å². The normalized spacial score (nSPS) is 15.5. The maximum absolute atomic E-state index is 13.6. The van der Waals surface area contributed by atoms with Crippen molar-refractivity contribution in [3.8, 4) is 5.75 Å². The molecule has 0 aromatic heterocycles. The maximum Gasteiger partial charge on any atom is 0.267 e. The molecule has 7 heteroatoms. The van der Waals surface area contributed by atoms with E-state index in [2.05, 4.69) is 5.32 Å². The number of nitrogens with zero attached hydrogens (tertiary/aromatic N) is 1. The Morgan fingerprint density at radius 3 is 2.42 bits per heavy atom. The zero-order valence-corrected chi connectivity index (χ0v) is 20.1. The van der Waals surface area contributed by atoms with Crippen LogP contribution in [0.25, 0.3) is 0 Å². The maximum atomic E-state index is 13.6. The molecule has 0 saturated carbocycles. The Labute approximate surface area is 195 Å². The van der Waals surface area contributed by atoms with Crippen molar-refractivity contribution in [2.24, 2.45) is 0 Å². The van der Waals surface area contributed by atoms with Crippen molar-refractivity contribution in [2.75, 3.05) is 16.2 Å². The van der Waals surface area contributed by atoms with Crippen LogP contribution in [0.15, 0.2) is 65.6 Å². The molecular weight excluding hydrogens is 436 g/mol. The zero-order valence-electron chi connectivity index (χ0n) is 19.3.